The molecule has 2 rings (SSSR count). The predicted molar refractivity (Wildman–Crippen MR) is 58.2 cm³/mol. The fourth-order valence-electron chi connectivity index (χ4n) is 1.24. The van der Waals surface area contributed by atoms with Gasteiger partial charge in [-0.1, -0.05) is 0 Å². The number of nitro benzene ring substituents is 1. The van der Waals surface area contributed by atoms with E-state index in [-0.39, 0.29) is 18.3 Å². The van der Waals surface area contributed by atoms with Crippen molar-refractivity contribution < 1.29 is 14.4 Å². The number of non-ortho nitro benzene ring substituents is 1. The van der Waals surface area contributed by atoms with Crippen LogP contribution in [0.25, 0.3) is 0 Å². The van der Waals surface area contributed by atoms with Crippen LogP contribution >= 0.6 is 0 Å². The van der Waals surface area contributed by atoms with Crippen LogP contribution in [-0.4, -0.2) is 23.8 Å². The van der Waals surface area contributed by atoms with E-state index in [1.807, 2.05) is 0 Å². The highest BCUT2D eigenvalue weighted by atomic mass is 16.6. The first-order valence-electron chi connectivity index (χ1n) is 4.78. The van der Waals surface area contributed by atoms with E-state index < -0.39 is 11.2 Å². The van der Waals surface area contributed by atoms with Gasteiger partial charge in [0.2, 0.25) is 6.23 Å². The Labute approximate surface area is 96.2 Å². The van der Waals surface area contributed by atoms with E-state index in [1.54, 1.807) is 0 Å². The van der Waals surface area contributed by atoms with Crippen LogP contribution < -0.4 is 15.9 Å². The highest BCUT2D eigenvalue weighted by molar-refractivity contribution is 5.72. The molecule has 0 saturated carbocycles. The van der Waals surface area contributed by atoms with E-state index in [1.165, 1.54) is 24.3 Å². The molecule has 1 heterocycles. The number of hydrogen-bond donors (Lipinski definition) is 2. The lowest BCUT2D eigenvalue weighted by Crippen LogP contribution is -2.30. The molecule has 0 radical (unpaired) electrons. The zero-order chi connectivity index (χ0) is 12.3. The van der Waals surface area contributed by atoms with Gasteiger partial charge in [-0.05, 0) is 12.1 Å². The summed E-state index contributed by atoms with van der Waals surface area (Å²) in [5.74, 6) is 0.506. The van der Waals surface area contributed by atoms with Crippen LogP contribution in [0.2, 0.25) is 0 Å². The predicted octanol–water partition coefficient (Wildman–Crippen LogP) is 0.149. The van der Waals surface area contributed by atoms with Gasteiger partial charge in [0.25, 0.3) is 5.69 Å². The third-order valence-corrected chi connectivity index (χ3v) is 2.03. The van der Waals surface area contributed by atoms with Gasteiger partial charge in [-0.2, -0.15) is 0 Å². The molecular formula is C9H10N4O4. The Balaban J connectivity index is 1.85. The summed E-state index contributed by atoms with van der Waals surface area (Å²) in [6, 6.07) is 5.81. The van der Waals surface area contributed by atoms with Crippen molar-refractivity contribution in [2.45, 2.75) is 6.23 Å². The van der Waals surface area contributed by atoms with Crippen molar-refractivity contribution in [2.75, 3.05) is 6.61 Å². The second-order valence-corrected chi connectivity index (χ2v) is 3.25. The molecule has 3 N–H and O–H groups in total. The van der Waals surface area contributed by atoms with E-state index in [2.05, 4.69) is 10.5 Å². The lowest BCUT2D eigenvalue weighted by Gasteiger charge is -2.11. The molecule has 8 nitrogen and oxygen atoms in total. The largest absolute Gasteiger partial charge is 0.488 e. The van der Waals surface area contributed by atoms with Gasteiger partial charge in [0.15, 0.2) is 0 Å². The van der Waals surface area contributed by atoms with Crippen LogP contribution in [0.5, 0.6) is 5.75 Å². The fraction of sp³-hybridized carbons (Fsp3) is 0.222. The number of amidine groups is 1. The van der Waals surface area contributed by atoms with E-state index in [0.29, 0.717) is 5.75 Å². The molecule has 0 aromatic heterocycles. The Morgan fingerprint density at radius 2 is 2.24 bits per heavy atom. The lowest BCUT2D eigenvalue weighted by atomic mass is 10.3. The number of nitrogens with two attached hydrogens (primary N) is 1. The Morgan fingerprint density at radius 1 is 1.53 bits per heavy atom. The highest BCUT2D eigenvalue weighted by Gasteiger charge is 2.17. The van der Waals surface area contributed by atoms with Gasteiger partial charge in [0, 0.05) is 12.1 Å². The fourth-order valence-corrected chi connectivity index (χ4v) is 1.24. The number of nitro groups is 1. The third-order valence-electron chi connectivity index (χ3n) is 2.03. The second kappa shape index (κ2) is 4.56. The molecule has 0 fully saturated rings. The van der Waals surface area contributed by atoms with E-state index in [9.17, 15) is 10.1 Å². The van der Waals surface area contributed by atoms with Gasteiger partial charge >= 0.3 is 6.02 Å². The molecule has 0 spiro atoms. The standard InChI is InChI=1S/C9H10N4O4/c10-9-12-11-8(17-9)5-16-7-3-1-6(2-4-7)13(14)15/h1-4,8,11H,5H2,(H2,10,12). The number of hydrazone groups is 1. The SMILES string of the molecule is NC1=NNC(COc2ccc([N+](=O)[O-])cc2)O1. The molecule has 1 unspecified atom stereocenters. The first kappa shape index (κ1) is 11.0. The van der Waals surface area contributed by atoms with Crippen molar-refractivity contribution in [1.29, 1.82) is 0 Å². The first-order valence-corrected chi connectivity index (χ1v) is 4.78. The van der Waals surface area contributed by atoms with Gasteiger partial charge in [-0.15, -0.1) is 5.10 Å². The van der Waals surface area contributed by atoms with Crippen molar-refractivity contribution in [3.63, 3.8) is 0 Å². The molecule has 1 aliphatic rings. The maximum atomic E-state index is 10.4. The number of nitrogens with zero attached hydrogens (tertiary/aromatic N) is 2. The summed E-state index contributed by atoms with van der Waals surface area (Å²) in [4.78, 5) is 9.95. The average molecular weight is 238 g/mol. The monoisotopic (exact) mass is 238 g/mol. The number of nitrogens with one attached hydrogen (secondary N) is 1. The van der Waals surface area contributed by atoms with E-state index in [0.717, 1.165) is 0 Å². The van der Waals surface area contributed by atoms with Crippen LogP contribution in [0, 0.1) is 10.1 Å². The van der Waals surface area contributed by atoms with Crippen LogP contribution in [0.4, 0.5) is 5.69 Å². The molecule has 0 bridgehead atoms. The molecule has 1 aromatic carbocycles. The first-order chi connectivity index (χ1) is 8.15. The summed E-state index contributed by atoms with van der Waals surface area (Å²) < 4.78 is 10.4. The molecule has 90 valence electrons. The number of hydrogen-bond acceptors (Lipinski definition) is 7. The number of rotatable bonds is 4. The Bertz CT molecular complexity index is 445. The van der Waals surface area contributed by atoms with Crippen LogP contribution in [0.3, 0.4) is 0 Å². The van der Waals surface area contributed by atoms with Crippen molar-refractivity contribution in [1.82, 2.24) is 5.43 Å². The molecule has 0 aliphatic carbocycles. The lowest BCUT2D eigenvalue weighted by molar-refractivity contribution is -0.384. The maximum absolute atomic E-state index is 10.4. The third kappa shape index (κ3) is 2.74. The highest BCUT2D eigenvalue weighted by Crippen LogP contribution is 2.17. The van der Waals surface area contributed by atoms with Gasteiger partial charge in [-0.25, -0.2) is 0 Å². The molecule has 0 saturated heterocycles. The molecule has 17 heavy (non-hydrogen) atoms. The maximum Gasteiger partial charge on any atom is 0.305 e. The van der Waals surface area contributed by atoms with Crippen molar-refractivity contribution in [2.24, 2.45) is 10.8 Å². The normalized spacial score (nSPS) is 17.9. The topological polar surface area (TPSA) is 112 Å². The Hall–Kier alpha value is -2.51. The van der Waals surface area contributed by atoms with E-state index >= 15 is 0 Å². The summed E-state index contributed by atoms with van der Waals surface area (Å²) in [6.45, 7) is 0.196. The summed E-state index contributed by atoms with van der Waals surface area (Å²) in [6.07, 6.45) is -0.440. The van der Waals surface area contributed by atoms with Crippen LogP contribution in [0.15, 0.2) is 29.4 Å². The zero-order valence-electron chi connectivity index (χ0n) is 8.70. The van der Waals surface area contributed by atoms with Gasteiger partial charge in [0.05, 0.1) is 4.92 Å². The van der Waals surface area contributed by atoms with Gasteiger partial charge < -0.3 is 15.2 Å². The summed E-state index contributed by atoms with van der Waals surface area (Å²) in [7, 11) is 0. The minimum absolute atomic E-state index is 0.0140. The molecule has 1 aromatic rings. The Morgan fingerprint density at radius 3 is 2.76 bits per heavy atom. The van der Waals surface area contributed by atoms with Gasteiger partial charge in [-0.3, -0.25) is 15.5 Å². The molecule has 1 atom stereocenters. The van der Waals surface area contributed by atoms with Crippen LogP contribution in [0.1, 0.15) is 0 Å². The molecular weight excluding hydrogens is 228 g/mol. The van der Waals surface area contributed by atoms with Crippen LogP contribution in [-0.2, 0) is 4.74 Å². The molecule has 0 amide bonds. The molecule has 1 aliphatic heterocycles. The Kier molecular flexibility index (Phi) is 2.95. The minimum Gasteiger partial charge on any atom is -0.488 e. The minimum atomic E-state index is -0.472. The van der Waals surface area contributed by atoms with Crippen molar-refractivity contribution in [3.8, 4) is 5.75 Å². The zero-order valence-corrected chi connectivity index (χ0v) is 8.70. The summed E-state index contributed by atoms with van der Waals surface area (Å²) in [5.41, 5.74) is 7.91. The quantitative estimate of drug-likeness (QED) is 0.570. The molecule has 8 heteroatoms. The smallest absolute Gasteiger partial charge is 0.305 e. The summed E-state index contributed by atoms with van der Waals surface area (Å²) in [5, 5.41) is 14.0. The van der Waals surface area contributed by atoms with Crippen molar-refractivity contribution in [3.05, 3.63) is 34.4 Å². The van der Waals surface area contributed by atoms with Gasteiger partial charge in [0.1, 0.15) is 12.4 Å². The average Bonchev–Trinajstić information content (AvgIpc) is 2.73. The summed E-state index contributed by atoms with van der Waals surface area (Å²) >= 11 is 0. The number of benzene rings is 1. The number of ether oxygens (including phenoxy) is 2. The second-order valence-electron chi connectivity index (χ2n) is 3.25. The van der Waals surface area contributed by atoms with Crippen molar-refractivity contribution >= 4 is 11.7 Å². The van der Waals surface area contributed by atoms with E-state index in [4.69, 9.17) is 15.2 Å².